The molecule has 0 saturated heterocycles. The van der Waals surface area contributed by atoms with Gasteiger partial charge in [-0.25, -0.2) is 0 Å². The van der Waals surface area contributed by atoms with Crippen LogP contribution in [0.25, 0.3) is 0 Å². The lowest BCUT2D eigenvalue weighted by molar-refractivity contribution is 0.120. The number of aliphatic imine (C=N–C) groups is 1. The van der Waals surface area contributed by atoms with Gasteiger partial charge in [-0.3, -0.25) is 4.99 Å². The van der Waals surface area contributed by atoms with E-state index in [1.165, 1.54) is 18.4 Å². The highest BCUT2D eigenvalue weighted by molar-refractivity contribution is 14.0. The summed E-state index contributed by atoms with van der Waals surface area (Å²) in [5.41, 5.74) is 1.53. The maximum atomic E-state index is 9.65. The fraction of sp³-hybridized carbons (Fsp3) is 0.632. The molecule has 0 spiro atoms. The van der Waals surface area contributed by atoms with Crippen molar-refractivity contribution in [1.82, 2.24) is 10.6 Å². The first-order valence-corrected chi connectivity index (χ1v) is 9.48. The average Bonchev–Trinajstić information content (AvgIpc) is 3.37. The number of hydrogen-bond donors (Lipinski definition) is 3. The van der Waals surface area contributed by atoms with Crippen molar-refractivity contribution in [2.45, 2.75) is 63.0 Å². The predicted octanol–water partition coefficient (Wildman–Crippen LogP) is 3.85. The van der Waals surface area contributed by atoms with E-state index in [2.05, 4.69) is 29.7 Å². The van der Waals surface area contributed by atoms with Gasteiger partial charge in [-0.2, -0.15) is 0 Å². The van der Waals surface area contributed by atoms with Crippen LogP contribution >= 0.6 is 35.6 Å². The smallest absolute Gasteiger partial charge is 0.191 e. The number of hydrogen-bond acceptors (Lipinski definition) is 2. The van der Waals surface area contributed by atoms with E-state index in [0.29, 0.717) is 6.04 Å². The van der Waals surface area contributed by atoms with Gasteiger partial charge in [0.05, 0.1) is 12.6 Å². The second-order valence-corrected chi connectivity index (χ2v) is 7.57. The molecule has 6 heteroatoms. The molecule has 25 heavy (non-hydrogen) atoms. The van der Waals surface area contributed by atoms with Gasteiger partial charge in [0.25, 0.3) is 0 Å². The summed E-state index contributed by atoms with van der Waals surface area (Å²) in [6.45, 7) is 3.75. The molecule has 0 heterocycles. The molecule has 3 rings (SSSR count). The van der Waals surface area contributed by atoms with Crippen molar-refractivity contribution in [2.24, 2.45) is 4.99 Å². The van der Waals surface area contributed by atoms with E-state index in [1.54, 1.807) is 0 Å². The summed E-state index contributed by atoms with van der Waals surface area (Å²) >= 11 is 6.00. The SMILES string of the molecule is CCNC(=NCC1(c2ccc(Cl)cc2)CC1)NC1CCC(O)CC1.I. The molecule has 0 atom stereocenters. The van der Waals surface area contributed by atoms with E-state index in [-0.39, 0.29) is 35.5 Å². The number of halogens is 2. The monoisotopic (exact) mass is 477 g/mol. The topological polar surface area (TPSA) is 56.7 Å². The van der Waals surface area contributed by atoms with Crippen LogP contribution in [0.1, 0.15) is 51.0 Å². The number of nitrogens with zero attached hydrogens (tertiary/aromatic N) is 1. The Morgan fingerprint density at radius 1 is 1.20 bits per heavy atom. The maximum absolute atomic E-state index is 9.65. The van der Waals surface area contributed by atoms with Crippen molar-refractivity contribution in [2.75, 3.05) is 13.1 Å². The van der Waals surface area contributed by atoms with Crippen molar-refractivity contribution in [1.29, 1.82) is 0 Å². The van der Waals surface area contributed by atoms with Gasteiger partial charge in [0, 0.05) is 23.0 Å². The van der Waals surface area contributed by atoms with Gasteiger partial charge >= 0.3 is 0 Å². The van der Waals surface area contributed by atoms with Crippen molar-refractivity contribution < 1.29 is 5.11 Å². The van der Waals surface area contributed by atoms with Crippen molar-refractivity contribution >= 4 is 41.5 Å². The normalized spacial score (nSPS) is 25.0. The van der Waals surface area contributed by atoms with Gasteiger partial charge in [0.15, 0.2) is 5.96 Å². The minimum absolute atomic E-state index is 0. The second kappa shape index (κ2) is 9.42. The molecule has 0 aromatic heterocycles. The quantitative estimate of drug-likeness (QED) is 0.343. The van der Waals surface area contributed by atoms with Crippen LogP contribution in [0, 0.1) is 0 Å². The van der Waals surface area contributed by atoms with E-state index >= 15 is 0 Å². The fourth-order valence-electron chi connectivity index (χ4n) is 3.46. The zero-order valence-corrected chi connectivity index (χ0v) is 17.9. The molecule has 3 N–H and O–H groups in total. The molecule has 0 aliphatic heterocycles. The Morgan fingerprint density at radius 2 is 1.84 bits per heavy atom. The number of guanidine groups is 1. The lowest BCUT2D eigenvalue weighted by atomic mass is 9.93. The molecule has 2 fully saturated rings. The summed E-state index contributed by atoms with van der Waals surface area (Å²) in [7, 11) is 0. The molecule has 140 valence electrons. The van der Waals surface area contributed by atoms with Crippen LogP contribution in [-0.2, 0) is 5.41 Å². The third-order valence-electron chi connectivity index (χ3n) is 5.23. The summed E-state index contributed by atoms with van der Waals surface area (Å²) in [6, 6.07) is 8.62. The van der Waals surface area contributed by atoms with Gasteiger partial charge in [0.1, 0.15) is 0 Å². The van der Waals surface area contributed by atoms with Crippen molar-refractivity contribution in [3.05, 3.63) is 34.9 Å². The first kappa shape index (κ1) is 20.8. The van der Waals surface area contributed by atoms with Crippen molar-refractivity contribution in [3.8, 4) is 0 Å². The average molecular weight is 478 g/mol. The van der Waals surface area contributed by atoms with Gasteiger partial charge < -0.3 is 15.7 Å². The molecule has 4 nitrogen and oxygen atoms in total. The van der Waals surface area contributed by atoms with E-state index < -0.39 is 0 Å². The molecule has 0 bridgehead atoms. The zero-order chi connectivity index (χ0) is 17.0. The number of rotatable bonds is 5. The third kappa shape index (κ3) is 5.73. The van der Waals surface area contributed by atoms with E-state index in [9.17, 15) is 5.11 Å². The molecule has 1 aromatic rings. The van der Waals surface area contributed by atoms with Crippen LogP contribution in [0.15, 0.2) is 29.3 Å². The van der Waals surface area contributed by atoms with E-state index in [1.807, 2.05) is 12.1 Å². The Bertz CT molecular complexity index is 567. The van der Waals surface area contributed by atoms with Gasteiger partial charge in [-0.05, 0) is 63.1 Å². The number of aliphatic hydroxyl groups is 1. The summed E-state index contributed by atoms with van der Waals surface area (Å²) in [5.74, 6) is 0.902. The largest absolute Gasteiger partial charge is 0.393 e. The molecular formula is C19H29ClIN3O. The van der Waals surface area contributed by atoms with E-state index in [4.69, 9.17) is 16.6 Å². The molecule has 0 unspecified atom stereocenters. The zero-order valence-electron chi connectivity index (χ0n) is 14.8. The molecule has 2 aliphatic carbocycles. The Balaban J connectivity index is 0.00000225. The molecule has 0 radical (unpaired) electrons. The Labute approximate surface area is 172 Å². The summed E-state index contributed by atoms with van der Waals surface area (Å²) in [4.78, 5) is 4.86. The van der Waals surface area contributed by atoms with Gasteiger partial charge in [-0.15, -0.1) is 24.0 Å². The number of nitrogens with one attached hydrogen (secondary N) is 2. The van der Waals surface area contributed by atoms with Crippen LogP contribution in [0.2, 0.25) is 5.02 Å². The minimum atomic E-state index is -0.123. The highest BCUT2D eigenvalue weighted by Crippen LogP contribution is 2.48. The van der Waals surface area contributed by atoms with Crippen LogP contribution in [0.3, 0.4) is 0 Å². The molecule has 1 aromatic carbocycles. The standard InChI is InChI=1S/C19H28ClN3O.HI/c1-2-21-18(23-16-7-9-17(24)10-8-16)22-13-19(11-12-19)14-3-5-15(20)6-4-14;/h3-6,16-17,24H,2,7-13H2,1H3,(H2,21,22,23);1H. The lowest BCUT2D eigenvalue weighted by Gasteiger charge is -2.28. The van der Waals surface area contributed by atoms with Crippen LogP contribution < -0.4 is 10.6 Å². The summed E-state index contributed by atoms with van der Waals surface area (Å²) in [6.07, 6.45) is 6.03. The number of benzene rings is 1. The summed E-state index contributed by atoms with van der Waals surface area (Å²) in [5, 5.41) is 17.3. The fourth-order valence-corrected chi connectivity index (χ4v) is 3.58. The van der Waals surface area contributed by atoms with Crippen molar-refractivity contribution in [3.63, 3.8) is 0 Å². The first-order chi connectivity index (χ1) is 11.6. The Morgan fingerprint density at radius 3 is 2.40 bits per heavy atom. The first-order valence-electron chi connectivity index (χ1n) is 9.10. The van der Waals surface area contributed by atoms with Crippen LogP contribution in [0.5, 0.6) is 0 Å². The molecule has 0 amide bonds. The maximum Gasteiger partial charge on any atom is 0.191 e. The molecular weight excluding hydrogens is 449 g/mol. The molecule has 2 aliphatic rings. The predicted molar refractivity (Wildman–Crippen MR) is 115 cm³/mol. The minimum Gasteiger partial charge on any atom is -0.393 e. The van der Waals surface area contributed by atoms with Crippen LogP contribution in [0.4, 0.5) is 0 Å². The number of aliphatic hydroxyl groups excluding tert-OH is 1. The molecule has 2 saturated carbocycles. The van der Waals surface area contributed by atoms with Gasteiger partial charge in [-0.1, -0.05) is 23.7 Å². The Hall–Kier alpha value is -0.530. The third-order valence-corrected chi connectivity index (χ3v) is 5.48. The highest BCUT2D eigenvalue weighted by Gasteiger charge is 2.44. The van der Waals surface area contributed by atoms with E-state index in [0.717, 1.165) is 49.8 Å². The summed E-state index contributed by atoms with van der Waals surface area (Å²) < 4.78 is 0. The second-order valence-electron chi connectivity index (χ2n) is 7.13. The Kier molecular flexibility index (Phi) is 7.83. The van der Waals surface area contributed by atoms with Crippen LogP contribution in [-0.4, -0.2) is 36.3 Å². The van der Waals surface area contributed by atoms with Gasteiger partial charge in [0.2, 0.25) is 0 Å². The lowest BCUT2D eigenvalue weighted by Crippen LogP contribution is -2.45. The highest BCUT2D eigenvalue weighted by atomic mass is 127.